The van der Waals surface area contributed by atoms with Crippen LogP contribution in [0.1, 0.15) is 303 Å². The number of esters is 3. The molecule has 0 heterocycles. The van der Waals surface area contributed by atoms with Gasteiger partial charge in [0, 0.05) is 19.3 Å². The van der Waals surface area contributed by atoms with E-state index in [1.807, 2.05) is 0 Å². The van der Waals surface area contributed by atoms with Crippen molar-refractivity contribution in [3.63, 3.8) is 0 Å². The topological polar surface area (TPSA) is 78.9 Å². The highest BCUT2D eigenvalue weighted by Gasteiger charge is 2.19. The summed E-state index contributed by atoms with van der Waals surface area (Å²) in [5.74, 6) is -0.885. The predicted molar refractivity (Wildman–Crippen MR) is 289 cm³/mol. The highest BCUT2D eigenvalue weighted by molar-refractivity contribution is 5.71. The smallest absolute Gasteiger partial charge is 0.306 e. The Hall–Kier alpha value is -2.63. The number of allylic oxidation sites excluding steroid dienone is 8. The van der Waals surface area contributed by atoms with Gasteiger partial charge in [-0.1, -0.05) is 249 Å². The molecule has 0 rings (SSSR count). The Kier molecular flexibility index (Phi) is 53.8. The summed E-state index contributed by atoms with van der Waals surface area (Å²) in [6.07, 6.45) is 68.1. The summed E-state index contributed by atoms with van der Waals surface area (Å²) in [7, 11) is 0. The van der Waals surface area contributed by atoms with Crippen LogP contribution in [-0.4, -0.2) is 37.2 Å². The molecule has 6 heteroatoms. The summed E-state index contributed by atoms with van der Waals surface area (Å²) in [6.45, 7) is 6.61. The zero-order valence-electron chi connectivity index (χ0n) is 44.7. The molecule has 6 nitrogen and oxygen atoms in total. The van der Waals surface area contributed by atoms with Crippen LogP contribution in [0.25, 0.3) is 0 Å². The van der Waals surface area contributed by atoms with Gasteiger partial charge in [0.15, 0.2) is 6.10 Å². The van der Waals surface area contributed by atoms with E-state index in [2.05, 4.69) is 69.4 Å². The average Bonchev–Trinajstić information content (AvgIpc) is 3.33. The number of carbonyl (C=O) groups is 3. The SMILES string of the molecule is CCCCC/C=C\C/C=C\C/C=C\CCCCCCCCC(=O)OCC(COC(=O)CCCCCCC/C=C\CCCCC)OC(=O)CCCCCCCCCCCCCCCCCCCC. The second-order valence-electron chi connectivity index (χ2n) is 19.6. The highest BCUT2D eigenvalue weighted by Crippen LogP contribution is 2.16. The van der Waals surface area contributed by atoms with Crippen LogP contribution in [0.3, 0.4) is 0 Å². The first-order chi connectivity index (χ1) is 33.0. The molecule has 0 aromatic rings. The Bertz CT molecular complexity index is 1170. The minimum Gasteiger partial charge on any atom is -0.462 e. The van der Waals surface area contributed by atoms with Crippen molar-refractivity contribution < 1.29 is 28.6 Å². The van der Waals surface area contributed by atoms with Crippen molar-refractivity contribution in [3.05, 3.63) is 48.6 Å². The molecule has 0 bridgehead atoms. The summed E-state index contributed by atoms with van der Waals surface area (Å²) in [6, 6.07) is 0. The van der Waals surface area contributed by atoms with Gasteiger partial charge in [-0.3, -0.25) is 14.4 Å². The van der Waals surface area contributed by atoms with Crippen LogP contribution in [0.4, 0.5) is 0 Å². The maximum atomic E-state index is 12.9. The lowest BCUT2D eigenvalue weighted by molar-refractivity contribution is -0.167. The van der Waals surface area contributed by atoms with E-state index >= 15 is 0 Å². The van der Waals surface area contributed by atoms with E-state index in [0.717, 1.165) is 83.5 Å². The van der Waals surface area contributed by atoms with Crippen molar-refractivity contribution in [1.82, 2.24) is 0 Å². The number of rotatable bonds is 53. The van der Waals surface area contributed by atoms with Crippen molar-refractivity contribution in [3.8, 4) is 0 Å². The van der Waals surface area contributed by atoms with Gasteiger partial charge in [0.2, 0.25) is 0 Å². The third kappa shape index (κ3) is 54.2. The fourth-order valence-corrected chi connectivity index (χ4v) is 8.39. The van der Waals surface area contributed by atoms with E-state index in [1.54, 1.807) is 0 Å². The van der Waals surface area contributed by atoms with Crippen LogP contribution < -0.4 is 0 Å². The second-order valence-corrected chi connectivity index (χ2v) is 19.6. The van der Waals surface area contributed by atoms with E-state index in [1.165, 1.54) is 180 Å². The Morgan fingerprint density at radius 3 is 0.881 bits per heavy atom. The molecule has 0 fully saturated rings. The Morgan fingerprint density at radius 1 is 0.299 bits per heavy atom. The molecule has 1 atom stereocenters. The van der Waals surface area contributed by atoms with Crippen LogP contribution in [0.2, 0.25) is 0 Å². The van der Waals surface area contributed by atoms with Crippen molar-refractivity contribution in [2.45, 2.75) is 309 Å². The molecule has 0 radical (unpaired) electrons. The molecule has 0 aliphatic carbocycles. The van der Waals surface area contributed by atoms with Gasteiger partial charge in [0.1, 0.15) is 13.2 Å². The largest absolute Gasteiger partial charge is 0.462 e. The first-order valence-electron chi connectivity index (χ1n) is 29.1. The monoisotopic (exact) mass is 939 g/mol. The van der Waals surface area contributed by atoms with E-state index in [4.69, 9.17) is 14.2 Å². The highest BCUT2D eigenvalue weighted by atomic mass is 16.6. The predicted octanol–water partition coefficient (Wildman–Crippen LogP) is 19.4. The van der Waals surface area contributed by atoms with E-state index in [9.17, 15) is 14.4 Å². The molecule has 0 aromatic heterocycles. The minimum atomic E-state index is -0.779. The van der Waals surface area contributed by atoms with Crippen LogP contribution in [0, 0.1) is 0 Å². The molecule has 390 valence electrons. The average molecular weight is 940 g/mol. The van der Waals surface area contributed by atoms with Gasteiger partial charge in [0.05, 0.1) is 0 Å². The maximum absolute atomic E-state index is 12.9. The lowest BCUT2D eigenvalue weighted by Gasteiger charge is -2.18. The van der Waals surface area contributed by atoms with Gasteiger partial charge in [-0.15, -0.1) is 0 Å². The van der Waals surface area contributed by atoms with E-state index in [-0.39, 0.29) is 31.1 Å². The summed E-state index contributed by atoms with van der Waals surface area (Å²) in [4.78, 5) is 38.1. The van der Waals surface area contributed by atoms with Crippen molar-refractivity contribution >= 4 is 17.9 Å². The Labute approximate surface area is 416 Å². The normalized spacial score (nSPS) is 12.3. The summed E-state index contributed by atoms with van der Waals surface area (Å²) in [5.41, 5.74) is 0. The van der Waals surface area contributed by atoms with Crippen LogP contribution in [0.15, 0.2) is 48.6 Å². The molecule has 0 N–H and O–H groups in total. The molecule has 0 spiro atoms. The number of hydrogen-bond acceptors (Lipinski definition) is 6. The Morgan fingerprint density at radius 2 is 0.537 bits per heavy atom. The molecule has 67 heavy (non-hydrogen) atoms. The van der Waals surface area contributed by atoms with Crippen molar-refractivity contribution in [1.29, 1.82) is 0 Å². The van der Waals surface area contributed by atoms with Gasteiger partial charge in [-0.2, -0.15) is 0 Å². The Balaban J connectivity index is 4.35. The third-order valence-electron chi connectivity index (χ3n) is 12.8. The molecule has 0 aliphatic heterocycles. The van der Waals surface area contributed by atoms with E-state index in [0.29, 0.717) is 19.3 Å². The summed E-state index contributed by atoms with van der Waals surface area (Å²) in [5, 5.41) is 0. The van der Waals surface area contributed by atoms with Gasteiger partial charge in [-0.05, 0) is 83.5 Å². The van der Waals surface area contributed by atoms with Crippen LogP contribution >= 0.6 is 0 Å². The molecule has 0 aliphatic rings. The van der Waals surface area contributed by atoms with Crippen molar-refractivity contribution in [2.75, 3.05) is 13.2 Å². The van der Waals surface area contributed by atoms with Gasteiger partial charge in [0.25, 0.3) is 0 Å². The number of ether oxygens (including phenoxy) is 3. The number of carbonyl (C=O) groups excluding carboxylic acids is 3. The van der Waals surface area contributed by atoms with Gasteiger partial charge < -0.3 is 14.2 Å². The van der Waals surface area contributed by atoms with E-state index < -0.39 is 6.10 Å². The number of unbranched alkanes of at least 4 members (excludes halogenated alkanes) is 34. The van der Waals surface area contributed by atoms with Gasteiger partial charge in [-0.25, -0.2) is 0 Å². The molecule has 0 aromatic carbocycles. The third-order valence-corrected chi connectivity index (χ3v) is 12.8. The van der Waals surface area contributed by atoms with Gasteiger partial charge >= 0.3 is 17.9 Å². The standard InChI is InChI=1S/C61H110O6/c1-4-7-10-13-16-19-22-25-27-29-31-33-34-36-39-42-45-48-51-54-60(63)66-57-58(56-65-59(62)53-50-47-44-41-38-24-21-18-15-12-9-6-3)67-61(64)55-52-49-46-43-40-37-35-32-30-28-26-23-20-17-14-11-8-5-2/h16,18-19,21,25,27,31,33,58H,4-15,17,20,22-24,26,28-30,32,34-57H2,1-3H3/b19-16-,21-18-,27-25-,33-31-. The number of hydrogen-bond donors (Lipinski definition) is 0. The molecular weight excluding hydrogens is 829 g/mol. The minimum absolute atomic E-state index is 0.0791. The maximum Gasteiger partial charge on any atom is 0.306 e. The molecule has 1 unspecified atom stereocenters. The summed E-state index contributed by atoms with van der Waals surface area (Å²) >= 11 is 0. The molecule has 0 amide bonds. The lowest BCUT2D eigenvalue weighted by atomic mass is 10.0. The second kappa shape index (κ2) is 56.0. The molecular formula is C61H110O6. The van der Waals surface area contributed by atoms with Crippen molar-refractivity contribution in [2.24, 2.45) is 0 Å². The van der Waals surface area contributed by atoms with Crippen LogP contribution in [0.5, 0.6) is 0 Å². The quantitative estimate of drug-likeness (QED) is 0.0262. The fourth-order valence-electron chi connectivity index (χ4n) is 8.39. The fraction of sp³-hybridized carbons (Fsp3) is 0.820. The summed E-state index contributed by atoms with van der Waals surface area (Å²) < 4.78 is 16.9. The first-order valence-corrected chi connectivity index (χ1v) is 29.1. The zero-order valence-corrected chi connectivity index (χ0v) is 44.7. The lowest BCUT2D eigenvalue weighted by Crippen LogP contribution is -2.30. The zero-order chi connectivity index (χ0) is 48.6. The molecule has 0 saturated heterocycles. The molecule has 0 saturated carbocycles. The first kappa shape index (κ1) is 64.4. The van der Waals surface area contributed by atoms with Crippen LogP contribution in [-0.2, 0) is 28.6 Å².